The van der Waals surface area contributed by atoms with Crippen LogP contribution in [0.4, 0.5) is 0 Å². The summed E-state index contributed by atoms with van der Waals surface area (Å²) in [6.45, 7) is 2.90. The van der Waals surface area contributed by atoms with Crippen molar-refractivity contribution in [1.82, 2.24) is 0 Å². The Labute approximate surface area is 66.3 Å². The highest BCUT2D eigenvalue weighted by Gasteiger charge is 2.35. The minimum atomic E-state index is -0.612. The number of rotatable bonds is 3. The van der Waals surface area contributed by atoms with E-state index in [0.717, 1.165) is 0 Å². The zero-order valence-corrected chi connectivity index (χ0v) is 6.75. The Bertz CT molecular complexity index is 131. The van der Waals surface area contributed by atoms with Crippen molar-refractivity contribution in [3.05, 3.63) is 0 Å². The van der Waals surface area contributed by atoms with Crippen molar-refractivity contribution in [2.24, 2.45) is 5.73 Å². The third-order valence-electron chi connectivity index (χ3n) is 1.82. The second kappa shape index (κ2) is 3.49. The molecule has 1 heterocycles. The van der Waals surface area contributed by atoms with Crippen molar-refractivity contribution in [3.8, 4) is 0 Å². The van der Waals surface area contributed by atoms with Gasteiger partial charge in [-0.3, -0.25) is 0 Å². The third-order valence-corrected chi connectivity index (χ3v) is 1.82. The highest BCUT2D eigenvalue weighted by Crippen LogP contribution is 2.25. The molecule has 0 aliphatic carbocycles. The number of hydrogen-bond acceptors (Lipinski definition) is 4. The van der Waals surface area contributed by atoms with Gasteiger partial charge in [0.1, 0.15) is 0 Å². The van der Waals surface area contributed by atoms with Crippen LogP contribution >= 0.6 is 0 Å². The molecule has 2 atom stereocenters. The van der Waals surface area contributed by atoms with Crippen molar-refractivity contribution in [1.29, 1.82) is 0 Å². The Morgan fingerprint density at radius 2 is 2.45 bits per heavy atom. The SMILES string of the molecule is CC1(CCO)OCC(CN)O1. The molecule has 0 aromatic rings. The Morgan fingerprint density at radius 1 is 1.73 bits per heavy atom. The molecule has 3 N–H and O–H groups in total. The summed E-state index contributed by atoms with van der Waals surface area (Å²) in [7, 11) is 0. The molecule has 11 heavy (non-hydrogen) atoms. The molecule has 0 spiro atoms. The molecule has 0 bridgehead atoms. The van der Waals surface area contributed by atoms with Crippen molar-refractivity contribution >= 4 is 0 Å². The maximum atomic E-state index is 8.66. The van der Waals surface area contributed by atoms with Crippen LogP contribution in [0.1, 0.15) is 13.3 Å². The summed E-state index contributed by atoms with van der Waals surface area (Å²) in [6, 6.07) is 0. The third kappa shape index (κ3) is 2.13. The molecule has 1 fully saturated rings. The van der Waals surface area contributed by atoms with Gasteiger partial charge in [-0.2, -0.15) is 0 Å². The number of hydrogen-bond donors (Lipinski definition) is 2. The Kier molecular flexibility index (Phi) is 2.84. The summed E-state index contributed by atoms with van der Waals surface area (Å²) in [5, 5.41) is 8.66. The average molecular weight is 161 g/mol. The van der Waals surface area contributed by atoms with Gasteiger partial charge in [-0.25, -0.2) is 0 Å². The normalized spacial score (nSPS) is 37.9. The highest BCUT2D eigenvalue weighted by atomic mass is 16.7. The fraction of sp³-hybridized carbons (Fsp3) is 1.00. The lowest BCUT2D eigenvalue weighted by Crippen LogP contribution is -2.30. The lowest BCUT2D eigenvalue weighted by Gasteiger charge is -2.21. The van der Waals surface area contributed by atoms with Gasteiger partial charge in [-0.1, -0.05) is 0 Å². The van der Waals surface area contributed by atoms with Crippen molar-refractivity contribution < 1.29 is 14.6 Å². The van der Waals surface area contributed by atoms with Gasteiger partial charge in [-0.15, -0.1) is 0 Å². The van der Waals surface area contributed by atoms with Crippen molar-refractivity contribution in [3.63, 3.8) is 0 Å². The van der Waals surface area contributed by atoms with E-state index >= 15 is 0 Å². The molecule has 0 radical (unpaired) electrons. The largest absolute Gasteiger partial charge is 0.396 e. The van der Waals surface area contributed by atoms with E-state index in [1.807, 2.05) is 6.92 Å². The van der Waals surface area contributed by atoms with Crippen LogP contribution in [0.5, 0.6) is 0 Å². The van der Waals surface area contributed by atoms with E-state index in [9.17, 15) is 0 Å². The Morgan fingerprint density at radius 3 is 2.91 bits per heavy atom. The van der Waals surface area contributed by atoms with Crippen LogP contribution in [0.15, 0.2) is 0 Å². The van der Waals surface area contributed by atoms with Crippen molar-refractivity contribution in [2.45, 2.75) is 25.2 Å². The van der Waals surface area contributed by atoms with Crippen LogP contribution in [0, 0.1) is 0 Å². The lowest BCUT2D eigenvalue weighted by atomic mass is 10.2. The smallest absolute Gasteiger partial charge is 0.168 e. The number of ether oxygens (including phenoxy) is 2. The summed E-state index contributed by atoms with van der Waals surface area (Å²) >= 11 is 0. The monoisotopic (exact) mass is 161 g/mol. The molecule has 1 aliphatic rings. The van der Waals surface area contributed by atoms with E-state index in [2.05, 4.69) is 0 Å². The summed E-state index contributed by atoms with van der Waals surface area (Å²) in [6.07, 6.45) is 0.496. The molecule has 1 aliphatic heterocycles. The first-order chi connectivity index (χ1) is 5.20. The maximum absolute atomic E-state index is 8.66. The Hall–Kier alpha value is -0.160. The lowest BCUT2D eigenvalue weighted by molar-refractivity contribution is -0.162. The first-order valence-corrected chi connectivity index (χ1v) is 3.83. The van der Waals surface area contributed by atoms with Gasteiger partial charge in [-0.05, 0) is 6.92 Å². The number of aliphatic hydroxyl groups is 1. The number of aliphatic hydroxyl groups excluding tert-OH is 1. The molecule has 4 heteroatoms. The standard InChI is InChI=1S/C7H15NO3/c1-7(2-3-9)10-5-6(4-8)11-7/h6,9H,2-5,8H2,1H3. The van der Waals surface area contributed by atoms with Crippen LogP contribution in [0.25, 0.3) is 0 Å². The van der Waals surface area contributed by atoms with E-state index in [1.54, 1.807) is 0 Å². The van der Waals surface area contributed by atoms with Gasteiger partial charge in [0.2, 0.25) is 0 Å². The molecule has 0 saturated carbocycles. The van der Waals surface area contributed by atoms with Gasteiger partial charge < -0.3 is 20.3 Å². The molecule has 0 aromatic carbocycles. The summed E-state index contributed by atoms with van der Waals surface area (Å²) in [4.78, 5) is 0. The average Bonchev–Trinajstić information content (AvgIpc) is 2.33. The van der Waals surface area contributed by atoms with E-state index in [4.69, 9.17) is 20.3 Å². The van der Waals surface area contributed by atoms with E-state index in [0.29, 0.717) is 19.6 Å². The maximum Gasteiger partial charge on any atom is 0.168 e. The predicted octanol–water partition coefficient (Wildman–Crippen LogP) is -0.541. The van der Waals surface area contributed by atoms with E-state index in [1.165, 1.54) is 0 Å². The molecule has 0 amide bonds. The summed E-state index contributed by atoms with van der Waals surface area (Å²) < 4.78 is 10.8. The second-order valence-electron chi connectivity index (χ2n) is 2.89. The topological polar surface area (TPSA) is 64.7 Å². The quantitative estimate of drug-likeness (QED) is 0.583. The highest BCUT2D eigenvalue weighted by molar-refractivity contribution is 4.74. The Balaban J connectivity index is 2.37. The van der Waals surface area contributed by atoms with Gasteiger partial charge in [0.15, 0.2) is 5.79 Å². The predicted molar refractivity (Wildman–Crippen MR) is 40.0 cm³/mol. The van der Waals surface area contributed by atoms with E-state index in [-0.39, 0.29) is 12.7 Å². The minimum Gasteiger partial charge on any atom is -0.396 e. The first kappa shape index (κ1) is 8.93. The van der Waals surface area contributed by atoms with Gasteiger partial charge in [0.05, 0.1) is 12.7 Å². The molecule has 4 nitrogen and oxygen atoms in total. The van der Waals surface area contributed by atoms with Crippen LogP contribution in [-0.2, 0) is 9.47 Å². The van der Waals surface area contributed by atoms with E-state index < -0.39 is 5.79 Å². The van der Waals surface area contributed by atoms with Gasteiger partial charge in [0, 0.05) is 19.6 Å². The van der Waals surface area contributed by atoms with Crippen molar-refractivity contribution in [2.75, 3.05) is 19.8 Å². The van der Waals surface area contributed by atoms with Crippen LogP contribution in [-0.4, -0.2) is 36.8 Å². The van der Waals surface area contributed by atoms with Crippen LogP contribution in [0.2, 0.25) is 0 Å². The fourth-order valence-electron chi connectivity index (χ4n) is 1.14. The summed E-state index contributed by atoms with van der Waals surface area (Å²) in [5.74, 6) is -0.612. The number of nitrogens with two attached hydrogens (primary N) is 1. The first-order valence-electron chi connectivity index (χ1n) is 3.83. The van der Waals surface area contributed by atoms with Crippen LogP contribution < -0.4 is 5.73 Å². The zero-order chi connectivity index (χ0) is 8.32. The molecule has 66 valence electrons. The molecule has 1 saturated heterocycles. The molecular weight excluding hydrogens is 146 g/mol. The van der Waals surface area contributed by atoms with Gasteiger partial charge in [0.25, 0.3) is 0 Å². The minimum absolute atomic E-state index is 0.00782. The molecular formula is C7H15NO3. The zero-order valence-electron chi connectivity index (χ0n) is 6.75. The fourth-order valence-corrected chi connectivity index (χ4v) is 1.14. The summed E-state index contributed by atoms with van der Waals surface area (Å²) in [5.41, 5.74) is 5.38. The van der Waals surface area contributed by atoms with Crippen LogP contribution in [0.3, 0.4) is 0 Å². The molecule has 0 aromatic heterocycles. The molecule has 1 rings (SSSR count). The second-order valence-corrected chi connectivity index (χ2v) is 2.89. The van der Waals surface area contributed by atoms with Gasteiger partial charge >= 0.3 is 0 Å². The molecule has 2 unspecified atom stereocenters.